The van der Waals surface area contributed by atoms with Crippen LogP contribution in [0.3, 0.4) is 0 Å². The Labute approximate surface area is 164 Å². The summed E-state index contributed by atoms with van der Waals surface area (Å²) in [5, 5.41) is 2.94. The fourth-order valence-electron chi connectivity index (χ4n) is 3.99. The van der Waals surface area contributed by atoms with Gasteiger partial charge in [0, 0.05) is 6.54 Å². The summed E-state index contributed by atoms with van der Waals surface area (Å²) in [7, 11) is 0. The lowest BCUT2D eigenvalue weighted by molar-refractivity contribution is -0.296. The number of rotatable bonds is 10. The number of ether oxygens (including phenoxy) is 1. The Morgan fingerprint density at radius 2 is 1.48 bits per heavy atom. The van der Waals surface area contributed by atoms with Crippen molar-refractivity contribution in [1.82, 2.24) is 5.32 Å². The van der Waals surface area contributed by atoms with Gasteiger partial charge in [-0.1, -0.05) is 12.2 Å². The molecular formula is C21H38N2O4. The fraction of sp³-hybridized carbons (Fsp3) is 0.857. The molecule has 27 heavy (non-hydrogen) atoms. The zero-order valence-electron chi connectivity index (χ0n) is 16.9. The molecule has 2 saturated carbocycles. The van der Waals surface area contributed by atoms with Crippen LogP contribution in [0.25, 0.3) is 0 Å². The molecule has 2 aliphatic rings. The minimum Gasteiger partial charge on any atom is -0.449 e. The Bertz CT molecular complexity index is 441. The Hall–Kier alpha value is -1.11. The summed E-state index contributed by atoms with van der Waals surface area (Å²) in [6.45, 7) is 8.81. The van der Waals surface area contributed by atoms with E-state index in [0.29, 0.717) is 43.5 Å². The third-order valence-corrected chi connectivity index (χ3v) is 5.94. The van der Waals surface area contributed by atoms with E-state index >= 15 is 0 Å². The van der Waals surface area contributed by atoms with Gasteiger partial charge in [-0.15, -0.1) is 0 Å². The number of nitrogens with two attached hydrogens (primary N) is 1. The Morgan fingerprint density at radius 1 is 0.926 bits per heavy atom. The maximum atomic E-state index is 11.9. The smallest absolute Gasteiger partial charge is 0.407 e. The van der Waals surface area contributed by atoms with Gasteiger partial charge >= 0.3 is 6.09 Å². The summed E-state index contributed by atoms with van der Waals surface area (Å²) in [6.07, 6.45) is 8.75. The molecule has 0 aromatic carbocycles. The molecule has 6 nitrogen and oxygen atoms in total. The van der Waals surface area contributed by atoms with E-state index < -0.39 is 0 Å². The molecule has 2 rings (SSSR count). The lowest BCUT2D eigenvalue weighted by Crippen LogP contribution is -2.33. The van der Waals surface area contributed by atoms with Crippen molar-refractivity contribution in [1.29, 1.82) is 0 Å². The lowest BCUT2D eigenvalue weighted by atomic mass is 9.82. The van der Waals surface area contributed by atoms with E-state index in [0.717, 1.165) is 57.2 Å². The second-order valence-electron chi connectivity index (χ2n) is 8.49. The largest absolute Gasteiger partial charge is 0.449 e. The lowest BCUT2D eigenvalue weighted by Gasteiger charge is -2.28. The van der Waals surface area contributed by atoms with E-state index in [9.17, 15) is 4.79 Å². The molecule has 1 amide bonds. The van der Waals surface area contributed by atoms with E-state index in [1.807, 2.05) is 6.92 Å². The van der Waals surface area contributed by atoms with Gasteiger partial charge in [0.1, 0.15) is 6.61 Å². The van der Waals surface area contributed by atoms with Crippen LogP contribution < -0.4 is 11.1 Å². The third kappa shape index (κ3) is 9.08. The molecule has 0 spiro atoms. The third-order valence-electron chi connectivity index (χ3n) is 5.94. The average Bonchev–Trinajstić information content (AvgIpc) is 2.69. The minimum absolute atomic E-state index is 0.269. The van der Waals surface area contributed by atoms with Gasteiger partial charge < -0.3 is 15.8 Å². The first-order valence-corrected chi connectivity index (χ1v) is 10.6. The molecule has 0 aromatic heterocycles. The molecule has 156 valence electrons. The van der Waals surface area contributed by atoms with Crippen molar-refractivity contribution in [3.05, 3.63) is 12.2 Å². The number of amides is 1. The first-order chi connectivity index (χ1) is 13.1. The molecule has 0 aromatic rings. The number of hydrogen-bond donors (Lipinski definition) is 2. The highest BCUT2D eigenvalue weighted by Gasteiger charge is 2.24. The number of alkyl carbamates (subject to hydrolysis) is 1. The van der Waals surface area contributed by atoms with Crippen molar-refractivity contribution in [3.8, 4) is 0 Å². The van der Waals surface area contributed by atoms with Crippen molar-refractivity contribution in [2.75, 3.05) is 32.9 Å². The molecule has 0 radical (unpaired) electrons. The Balaban J connectivity index is 1.48. The number of carbonyl (C=O) groups excluding carboxylic acids is 1. The van der Waals surface area contributed by atoms with E-state index in [-0.39, 0.29) is 6.09 Å². The van der Waals surface area contributed by atoms with Crippen molar-refractivity contribution >= 4 is 6.09 Å². The molecule has 3 N–H and O–H groups in total. The molecule has 0 unspecified atom stereocenters. The van der Waals surface area contributed by atoms with E-state index in [1.165, 1.54) is 12.8 Å². The minimum atomic E-state index is -0.269. The topological polar surface area (TPSA) is 82.8 Å². The van der Waals surface area contributed by atoms with Gasteiger partial charge in [0.25, 0.3) is 0 Å². The van der Waals surface area contributed by atoms with E-state index in [4.69, 9.17) is 20.2 Å². The zero-order valence-corrected chi connectivity index (χ0v) is 16.9. The molecule has 0 atom stereocenters. The molecule has 0 saturated heterocycles. The van der Waals surface area contributed by atoms with Crippen LogP contribution in [0, 0.1) is 23.7 Å². The van der Waals surface area contributed by atoms with Crippen molar-refractivity contribution in [2.45, 2.75) is 58.3 Å². The normalized spacial score (nSPS) is 28.5. The number of hydrogen-bond acceptors (Lipinski definition) is 5. The second kappa shape index (κ2) is 12.4. The van der Waals surface area contributed by atoms with Crippen molar-refractivity contribution in [3.63, 3.8) is 0 Å². The highest BCUT2D eigenvalue weighted by atomic mass is 17.2. The van der Waals surface area contributed by atoms with Gasteiger partial charge in [-0.25, -0.2) is 14.6 Å². The Kier molecular flexibility index (Phi) is 10.2. The second-order valence-corrected chi connectivity index (χ2v) is 8.49. The van der Waals surface area contributed by atoms with Crippen molar-refractivity contribution in [2.24, 2.45) is 29.4 Å². The van der Waals surface area contributed by atoms with Gasteiger partial charge in [0.15, 0.2) is 0 Å². The fourth-order valence-corrected chi connectivity index (χ4v) is 3.99. The molecular weight excluding hydrogens is 344 g/mol. The van der Waals surface area contributed by atoms with Crippen LogP contribution >= 0.6 is 0 Å². The van der Waals surface area contributed by atoms with Crippen LogP contribution in [0.5, 0.6) is 0 Å². The molecule has 0 bridgehead atoms. The number of nitrogens with one attached hydrogen (secondary N) is 1. The summed E-state index contributed by atoms with van der Waals surface area (Å²) >= 11 is 0. The first-order valence-electron chi connectivity index (χ1n) is 10.6. The van der Waals surface area contributed by atoms with Crippen LogP contribution in [0.4, 0.5) is 4.79 Å². The summed E-state index contributed by atoms with van der Waals surface area (Å²) < 4.78 is 5.44. The van der Waals surface area contributed by atoms with Crippen molar-refractivity contribution < 1.29 is 19.3 Å². The highest BCUT2D eigenvalue weighted by molar-refractivity contribution is 5.67. The monoisotopic (exact) mass is 382 g/mol. The summed E-state index contributed by atoms with van der Waals surface area (Å²) in [4.78, 5) is 22.3. The van der Waals surface area contributed by atoms with Gasteiger partial charge in [0.05, 0.1) is 13.2 Å². The van der Waals surface area contributed by atoms with Crippen LogP contribution in [-0.4, -0.2) is 39.0 Å². The number of carbonyl (C=O) groups is 1. The summed E-state index contributed by atoms with van der Waals surface area (Å²) in [5.74, 6) is 2.24. The predicted octanol–water partition coefficient (Wildman–Crippen LogP) is 3.81. The molecule has 2 aliphatic carbocycles. The standard InChI is InChI=1S/C21H38N2O4/c1-16(2)13-26-27-15-20-9-7-19(8-10-20)14-25-21(24)23-12-18-5-3-17(11-22)4-6-18/h17-20H,1,3-15,22H2,2H3,(H,23,24). The van der Waals surface area contributed by atoms with Crippen LogP contribution in [0.15, 0.2) is 12.2 Å². The maximum Gasteiger partial charge on any atom is 0.407 e. The first kappa shape index (κ1) is 22.2. The summed E-state index contributed by atoms with van der Waals surface area (Å²) in [5.41, 5.74) is 6.68. The van der Waals surface area contributed by atoms with Crippen LogP contribution in [0.1, 0.15) is 58.3 Å². The molecule has 2 fully saturated rings. The van der Waals surface area contributed by atoms with E-state index in [1.54, 1.807) is 0 Å². The van der Waals surface area contributed by atoms with E-state index in [2.05, 4.69) is 11.9 Å². The average molecular weight is 383 g/mol. The SMILES string of the molecule is C=C(C)COOCC1CCC(COC(=O)NCC2CCC(CN)CC2)CC1. The van der Waals surface area contributed by atoms with Gasteiger partial charge in [-0.05, 0) is 88.5 Å². The maximum absolute atomic E-state index is 11.9. The van der Waals surface area contributed by atoms with Gasteiger partial charge in [-0.3, -0.25) is 0 Å². The predicted molar refractivity (Wildman–Crippen MR) is 106 cm³/mol. The van der Waals surface area contributed by atoms with Crippen LogP contribution in [0.2, 0.25) is 0 Å². The zero-order chi connectivity index (χ0) is 19.5. The summed E-state index contributed by atoms with van der Waals surface area (Å²) in [6, 6.07) is 0. The van der Waals surface area contributed by atoms with Crippen LogP contribution in [-0.2, 0) is 14.5 Å². The van der Waals surface area contributed by atoms with Gasteiger partial charge in [-0.2, -0.15) is 0 Å². The molecule has 0 aliphatic heterocycles. The molecule has 6 heteroatoms. The highest BCUT2D eigenvalue weighted by Crippen LogP contribution is 2.29. The van der Waals surface area contributed by atoms with Gasteiger partial charge in [0.2, 0.25) is 0 Å². The molecule has 0 heterocycles. The quantitative estimate of drug-likeness (QED) is 0.260. The Morgan fingerprint density at radius 3 is 2.07 bits per heavy atom.